The Morgan fingerprint density at radius 1 is 1.67 bits per heavy atom. The molecule has 0 fully saturated rings. The number of carbonyl (C=O) groups is 1. The minimum absolute atomic E-state index is 0.264. The Bertz CT molecular complexity index is 335. The van der Waals surface area contributed by atoms with Gasteiger partial charge in [-0.05, 0) is 0 Å². The van der Waals surface area contributed by atoms with E-state index in [2.05, 4.69) is 14.8 Å². The Hall–Kier alpha value is -1.43. The molecule has 0 bridgehead atoms. The standard InChI is InChI=1S/C9H16N4O2/c1-6(2)8-11-5-13(12-8)4-7(10)9(14)15-3/h5-7H,4,10H2,1-3H3. The maximum atomic E-state index is 11.0. The molecule has 6 heteroatoms. The Morgan fingerprint density at radius 2 is 2.33 bits per heavy atom. The summed E-state index contributed by atoms with van der Waals surface area (Å²) in [6, 6.07) is -0.697. The van der Waals surface area contributed by atoms with E-state index in [1.54, 1.807) is 11.0 Å². The first kappa shape index (κ1) is 11.6. The largest absolute Gasteiger partial charge is 0.468 e. The predicted octanol–water partition coefficient (Wildman–Crippen LogP) is -0.0982. The van der Waals surface area contributed by atoms with Gasteiger partial charge in [-0.25, -0.2) is 4.98 Å². The molecule has 0 aliphatic rings. The van der Waals surface area contributed by atoms with Gasteiger partial charge in [-0.15, -0.1) is 0 Å². The fourth-order valence-electron chi connectivity index (χ4n) is 1.09. The summed E-state index contributed by atoms with van der Waals surface area (Å²) in [6.45, 7) is 4.28. The molecule has 0 saturated heterocycles. The maximum Gasteiger partial charge on any atom is 0.324 e. The number of carbonyl (C=O) groups excluding carboxylic acids is 1. The van der Waals surface area contributed by atoms with Crippen molar-refractivity contribution in [3.63, 3.8) is 0 Å². The van der Waals surface area contributed by atoms with E-state index in [1.165, 1.54) is 7.11 Å². The average Bonchev–Trinajstić information content (AvgIpc) is 2.65. The van der Waals surface area contributed by atoms with Crippen LogP contribution in [0.25, 0.3) is 0 Å². The summed E-state index contributed by atoms with van der Waals surface area (Å²) in [6.07, 6.45) is 1.57. The molecular formula is C9H16N4O2. The quantitative estimate of drug-likeness (QED) is 0.705. The van der Waals surface area contributed by atoms with Crippen molar-refractivity contribution in [1.82, 2.24) is 14.8 Å². The van der Waals surface area contributed by atoms with Crippen LogP contribution in [-0.4, -0.2) is 33.9 Å². The molecule has 1 unspecified atom stereocenters. The van der Waals surface area contributed by atoms with E-state index in [4.69, 9.17) is 5.73 Å². The lowest BCUT2D eigenvalue weighted by Gasteiger charge is -2.08. The van der Waals surface area contributed by atoms with E-state index in [1.807, 2.05) is 13.8 Å². The summed E-state index contributed by atoms with van der Waals surface area (Å²) in [5.74, 6) is 0.560. The van der Waals surface area contributed by atoms with Crippen LogP contribution in [0.3, 0.4) is 0 Å². The summed E-state index contributed by atoms with van der Waals surface area (Å²) < 4.78 is 6.07. The van der Waals surface area contributed by atoms with Crippen molar-refractivity contribution >= 4 is 5.97 Å². The topological polar surface area (TPSA) is 83.0 Å². The van der Waals surface area contributed by atoms with Crippen molar-refractivity contribution in [2.75, 3.05) is 7.11 Å². The molecule has 1 atom stereocenters. The SMILES string of the molecule is COC(=O)C(N)Cn1cnc(C(C)C)n1. The zero-order chi connectivity index (χ0) is 11.4. The van der Waals surface area contributed by atoms with Gasteiger partial charge >= 0.3 is 5.97 Å². The predicted molar refractivity (Wildman–Crippen MR) is 54.1 cm³/mol. The van der Waals surface area contributed by atoms with Crippen molar-refractivity contribution in [2.24, 2.45) is 5.73 Å². The molecule has 0 amide bonds. The lowest BCUT2D eigenvalue weighted by atomic mass is 10.2. The molecular weight excluding hydrogens is 196 g/mol. The van der Waals surface area contributed by atoms with Crippen molar-refractivity contribution in [3.05, 3.63) is 12.2 Å². The second kappa shape index (κ2) is 4.88. The fraction of sp³-hybridized carbons (Fsp3) is 0.667. The van der Waals surface area contributed by atoms with E-state index >= 15 is 0 Å². The van der Waals surface area contributed by atoms with Gasteiger partial charge in [0.1, 0.15) is 12.4 Å². The van der Waals surface area contributed by atoms with Crippen LogP contribution in [0, 0.1) is 0 Å². The van der Waals surface area contributed by atoms with Crippen LogP contribution in [-0.2, 0) is 16.1 Å². The van der Waals surface area contributed by atoms with Crippen molar-refractivity contribution < 1.29 is 9.53 Å². The van der Waals surface area contributed by atoms with Gasteiger partial charge in [0, 0.05) is 5.92 Å². The van der Waals surface area contributed by atoms with Crippen LogP contribution in [0.15, 0.2) is 6.33 Å². The van der Waals surface area contributed by atoms with Gasteiger partial charge in [-0.2, -0.15) is 5.10 Å². The third-order valence-corrected chi connectivity index (χ3v) is 1.96. The van der Waals surface area contributed by atoms with Crippen molar-refractivity contribution in [3.8, 4) is 0 Å². The summed E-state index contributed by atoms with van der Waals surface area (Å²) in [5, 5.41) is 4.18. The first-order valence-electron chi connectivity index (χ1n) is 4.77. The smallest absolute Gasteiger partial charge is 0.324 e. The minimum atomic E-state index is -0.697. The van der Waals surface area contributed by atoms with E-state index in [0.29, 0.717) is 0 Å². The Morgan fingerprint density at radius 3 is 2.80 bits per heavy atom. The highest BCUT2D eigenvalue weighted by atomic mass is 16.5. The highest BCUT2D eigenvalue weighted by Crippen LogP contribution is 2.06. The number of hydrogen-bond acceptors (Lipinski definition) is 5. The highest BCUT2D eigenvalue weighted by molar-refractivity contribution is 5.75. The van der Waals surface area contributed by atoms with Crippen molar-refractivity contribution in [1.29, 1.82) is 0 Å². The molecule has 0 spiro atoms. The molecule has 1 heterocycles. The van der Waals surface area contributed by atoms with Gasteiger partial charge in [-0.3, -0.25) is 9.48 Å². The number of methoxy groups -OCH3 is 1. The molecule has 1 aromatic heterocycles. The maximum absolute atomic E-state index is 11.0. The number of esters is 1. The Labute approximate surface area is 88.4 Å². The zero-order valence-electron chi connectivity index (χ0n) is 9.17. The second-order valence-electron chi connectivity index (χ2n) is 3.61. The number of rotatable bonds is 4. The van der Waals surface area contributed by atoms with Gasteiger partial charge in [0.05, 0.1) is 13.7 Å². The average molecular weight is 212 g/mol. The van der Waals surface area contributed by atoms with E-state index in [-0.39, 0.29) is 12.5 Å². The first-order valence-corrected chi connectivity index (χ1v) is 4.77. The lowest BCUT2D eigenvalue weighted by Crippen LogP contribution is -2.36. The molecule has 0 aromatic carbocycles. The van der Waals surface area contributed by atoms with Crippen molar-refractivity contribution in [2.45, 2.75) is 32.4 Å². The number of ether oxygens (including phenoxy) is 1. The van der Waals surface area contributed by atoms with Gasteiger partial charge < -0.3 is 10.5 Å². The molecule has 2 N–H and O–H groups in total. The number of hydrogen-bond donors (Lipinski definition) is 1. The molecule has 0 saturated carbocycles. The van der Waals surface area contributed by atoms with Crippen LogP contribution in [0.5, 0.6) is 0 Å². The molecule has 0 radical (unpaired) electrons. The third kappa shape index (κ3) is 3.02. The minimum Gasteiger partial charge on any atom is -0.468 e. The summed E-state index contributed by atoms with van der Waals surface area (Å²) in [7, 11) is 1.31. The number of nitrogens with two attached hydrogens (primary N) is 1. The van der Waals surface area contributed by atoms with Gasteiger partial charge in [0.25, 0.3) is 0 Å². The van der Waals surface area contributed by atoms with E-state index in [0.717, 1.165) is 5.82 Å². The Balaban J connectivity index is 2.61. The van der Waals surface area contributed by atoms with Crippen LogP contribution in [0.1, 0.15) is 25.6 Å². The molecule has 6 nitrogen and oxygen atoms in total. The summed E-state index contributed by atoms with van der Waals surface area (Å²) >= 11 is 0. The molecule has 0 aliphatic carbocycles. The molecule has 15 heavy (non-hydrogen) atoms. The molecule has 84 valence electrons. The first-order chi connectivity index (χ1) is 7.04. The van der Waals surface area contributed by atoms with Gasteiger partial charge in [0.2, 0.25) is 0 Å². The second-order valence-corrected chi connectivity index (χ2v) is 3.61. The van der Waals surface area contributed by atoms with Gasteiger partial charge in [0.15, 0.2) is 5.82 Å². The summed E-state index contributed by atoms with van der Waals surface area (Å²) in [5.41, 5.74) is 5.58. The monoisotopic (exact) mass is 212 g/mol. The van der Waals surface area contributed by atoms with Gasteiger partial charge in [-0.1, -0.05) is 13.8 Å². The number of nitrogens with zero attached hydrogens (tertiary/aromatic N) is 3. The van der Waals surface area contributed by atoms with Crippen LogP contribution < -0.4 is 5.73 Å². The molecule has 0 aliphatic heterocycles. The third-order valence-electron chi connectivity index (χ3n) is 1.96. The van der Waals surface area contributed by atoms with Crippen LogP contribution in [0.4, 0.5) is 0 Å². The zero-order valence-corrected chi connectivity index (χ0v) is 9.17. The lowest BCUT2D eigenvalue weighted by molar-refractivity contribution is -0.142. The fourth-order valence-corrected chi connectivity index (χ4v) is 1.09. The Kier molecular flexibility index (Phi) is 3.79. The van der Waals surface area contributed by atoms with Crippen LogP contribution >= 0.6 is 0 Å². The van der Waals surface area contributed by atoms with E-state index in [9.17, 15) is 4.79 Å². The molecule has 1 rings (SSSR count). The highest BCUT2D eigenvalue weighted by Gasteiger charge is 2.15. The normalized spacial score (nSPS) is 12.9. The van der Waals surface area contributed by atoms with E-state index < -0.39 is 12.0 Å². The summed E-state index contributed by atoms with van der Waals surface area (Å²) in [4.78, 5) is 15.1. The molecule has 1 aromatic rings. The van der Waals surface area contributed by atoms with Crippen LogP contribution in [0.2, 0.25) is 0 Å². The number of aromatic nitrogens is 3.